The highest BCUT2D eigenvalue weighted by atomic mass is 35.5. The average molecular weight is 318 g/mol. The van der Waals surface area contributed by atoms with Crippen molar-refractivity contribution in [3.8, 4) is 11.8 Å². The van der Waals surface area contributed by atoms with Crippen LogP contribution in [-0.4, -0.2) is 12.4 Å². The molecule has 0 bridgehead atoms. The molecule has 2 aromatic rings. The fourth-order valence-electron chi connectivity index (χ4n) is 1.77. The van der Waals surface area contributed by atoms with Crippen LogP contribution in [-0.2, 0) is 5.75 Å². The van der Waals surface area contributed by atoms with E-state index in [1.807, 2.05) is 42.1 Å². The van der Waals surface area contributed by atoms with Crippen molar-refractivity contribution in [2.75, 3.05) is 12.4 Å². The van der Waals surface area contributed by atoms with Gasteiger partial charge in [0.05, 0.1) is 18.2 Å². The van der Waals surface area contributed by atoms with E-state index in [4.69, 9.17) is 21.6 Å². The van der Waals surface area contributed by atoms with Gasteiger partial charge in [-0.2, -0.15) is 17.0 Å². The van der Waals surface area contributed by atoms with Crippen molar-refractivity contribution >= 4 is 23.4 Å². The molecule has 2 nitrogen and oxygen atoms in total. The molecule has 108 valence electrons. The number of halogens is 1. The Morgan fingerprint density at radius 3 is 2.57 bits per heavy atom. The molecule has 0 spiro atoms. The molecule has 0 aliphatic carbocycles. The number of rotatable bonds is 7. The molecule has 0 amide bonds. The highest BCUT2D eigenvalue weighted by molar-refractivity contribution is 7.98. The average Bonchev–Trinajstić information content (AvgIpc) is 2.53. The summed E-state index contributed by atoms with van der Waals surface area (Å²) in [5.41, 5.74) is 1.83. The number of ether oxygens (including phenoxy) is 1. The molecule has 0 aromatic heterocycles. The first-order valence-electron chi connectivity index (χ1n) is 6.74. The summed E-state index contributed by atoms with van der Waals surface area (Å²) in [7, 11) is 0. The lowest BCUT2D eigenvalue weighted by atomic mass is 10.2. The first-order chi connectivity index (χ1) is 10.3. The van der Waals surface area contributed by atoms with E-state index >= 15 is 0 Å². The summed E-state index contributed by atoms with van der Waals surface area (Å²) in [6.45, 7) is 0.682. The Morgan fingerprint density at radius 1 is 1.10 bits per heavy atom. The van der Waals surface area contributed by atoms with Crippen LogP contribution < -0.4 is 4.74 Å². The van der Waals surface area contributed by atoms with Crippen LogP contribution in [0.4, 0.5) is 0 Å². The second-order valence-electron chi connectivity index (χ2n) is 4.48. The van der Waals surface area contributed by atoms with Gasteiger partial charge in [0.15, 0.2) is 0 Å². The molecule has 21 heavy (non-hydrogen) atoms. The van der Waals surface area contributed by atoms with Crippen LogP contribution in [0.2, 0.25) is 5.02 Å². The van der Waals surface area contributed by atoms with Crippen LogP contribution in [0.1, 0.15) is 17.5 Å². The minimum atomic E-state index is 0.651. The van der Waals surface area contributed by atoms with Gasteiger partial charge in [-0.15, -0.1) is 0 Å². The minimum Gasteiger partial charge on any atom is -0.494 e. The quantitative estimate of drug-likeness (QED) is 0.680. The second-order valence-corrected chi connectivity index (χ2v) is 5.99. The van der Waals surface area contributed by atoms with Crippen molar-refractivity contribution in [2.24, 2.45) is 0 Å². The maximum atomic E-state index is 8.71. The number of hydrogen-bond donors (Lipinski definition) is 0. The Bertz CT molecular complexity index is 607. The van der Waals surface area contributed by atoms with Crippen molar-refractivity contribution in [1.29, 1.82) is 5.26 Å². The van der Waals surface area contributed by atoms with Gasteiger partial charge in [-0.05, 0) is 48.1 Å². The van der Waals surface area contributed by atoms with E-state index in [0.717, 1.165) is 28.7 Å². The molecule has 0 saturated heterocycles. The van der Waals surface area contributed by atoms with Crippen LogP contribution in [0.25, 0.3) is 0 Å². The lowest BCUT2D eigenvalue weighted by Gasteiger charge is -2.06. The van der Waals surface area contributed by atoms with Gasteiger partial charge in [-0.1, -0.05) is 29.8 Å². The second kappa shape index (κ2) is 8.61. The zero-order valence-electron chi connectivity index (χ0n) is 11.6. The smallest absolute Gasteiger partial charge is 0.119 e. The molecule has 4 heteroatoms. The molecule has 0 atom stereocenters. The van der Waals surface area contributed by atoms with Crippen molar-refractivity contribution in [2.45, 2.75) is 12.2 Å². The van der Waals surface area contributed by atoms with Crippen LogP contribution in [0.15, 0.2) is 48.5 Å². The van der Waals surface area contributed by atoms with Crippen LogP contribution >= 0.6 is 23.4 Å². The van der Waals surface area contributed by atoms with Gasteiger partial charge in [-0.3, -0.25) is 0 Å². The predicted octanol–water partition coefficient (Wildman–Crippen LogP) is 4.91. The summed E-state index contributed by atoms with van der Waals surface area (Å²) in [5, 5.41) is 9.54. The van der Waals surface area contributed by atoms with Gasteiger partial charge in [0.25, 0.3) is 0 Å². The van der Waals surface area contributed by atoms with Crippen LogP contribution in [0.3, 0.4) is 0 Å². The first-order valence-corrected chi connectivity index (χ1v) is 8.27. The molecule has 0 heterocycles. The SMILES string of the molecule is N#Cc1ccc(OCCCSCc2ccccc2Cl)cc1. The van der Waals surface area contributed by atoms with Crippen molar-refractivity contribution in [3.63, 3.8) is 0 Å². The zero-order chi connectivity index (χ0) is 14.9. The lowest BCUT2D eigenvalue weighted by molar-refractivity contribution is 0.318. The Morgan fingerprint density at radius 2 is 1.86 bits per heavy atom. The molecule has 0 aliphatic heterocycles. The van der Waals surface area contributed by atoms with E-state index in [0.29, 0.717) is 12.2 Å². The summed E-state index contributed by atoms with van der Waals surface area (Å²) in [4.78, 5) is 0. The molecule has 0 aliphatic rings. The fraction of sp³-hybridized carbons (Fsp3) is 0.235. The topological polar surface area (TPSA) is 33.0 Å². The number of benzene rings is 2. The summed E-state index contributed by atoms with van der Waals surface area (Å²) in [5.74, 6) is 2.77. The van der Waals surface area contributed by atoms with Gasteiger partial charge >= 0.3 is 0 Å². The first kappa shape index (κ1) is 15.8. The largest absolute Gasteiger partial charge is 0.494 e. The van der Waals surface area contributed by atoms with Gasteiger partial charge < -0.3 is 4.74 Å². The number of hydrogen-bond acceptors (Lipinski definition) is 3. The van der Waals surface area contributed by atoms with Gasteiger partial charge in [0, 0.05) is 10.8 Å². The summed E-state index contributed by atoms with van der Waals surface area (Å²) >= 11 is 7.96. The van der Waals surface area contributed by atoms with Crippen molar-refractivity contribution in [1.82, 2.24) is 0 Å². The maximum Gasteiger partial charge on any atom is 0.119 e. The monoisotopic (exact) mass is 317 g/mol. The Hall–Kier alpha value is -1.63. The third-order valence-corrected chi connectivity index (χ3v) is 4.36. The van der Waals surface area contributed by atoms with E-state index in [1.165, 1.54) is 5.56 Å². The molecular formula is C17H16ClNOS. The van der Waals surface area contributed by atoms with Crippen molar-refractivity contribution in [3.05, 3.63) is 64.7 Å². The van der Waals surface area contributed by atoms with E-state index in [-0.39, 0.29) is 0 Å². The van der Waals surface area contributed by atoms with E-state index in [2.05, 4.69) is 12.1 Å². The van der Waals surface area contributed by atoms with Gasteiger partial charge in [0.1, 0.15) is 5.75 Å². The standard InChI is InChI=1S/C17H16ClNOS/c18-17-5-2-1-4-15(17)13-21-11-3-10-20-16-8-6-14(12-19)7-9-16/h1-2,4-9H,3,10-11,13H2. The van der Waals surface area contributed by atoms with Gasteiger partial charge in [-0.25, -0.2) is 0 Å². The predicted molar refractivity (Wildman–Crippen MR) is 88.9 cm³/mol. The highest BCUT2D eigenvalue weighted by Crippen LogP contribution is 2.21. The zero-order valence-corrected chi connectivity index (χ0v) is 13.2. The molecule has 0 radical (unpaired) electrons. The van der Waals surface area contributed by atoms with Crippen LogP contribution in [0, 0.1) is 11.3 Å². The van der Waals surface area contributed by atoms with Crippen molar-refractivity contribution < 1.29 is 4.74 Å². The Kier molecular flexibility index (Phi) is 6.46. The number of thioether (sulfide) groups is 1. The van der Waals surface area contributed by atoms with Gasteiger partial charge in [0.2, 0.25) is 0 Å². The Labute approximate surface area is 134 Å². The lowest BCUT2D eigenvalue weighted by Crippen LogP contribution is -1.99. The molecule has 2 rings (SSSR count). The van der Waals surface area contributed by atoms with E-state index in [9.17, 15) is 0 Å². The number of nitrogens with zero attached hydrogens (tertiary/aromatic N) is 1. The molecular weight excluding hydrogens is 302 g/mol. The molecule has 0 fully saturated rings. The van der Waals surface area contributed by atoms with E-state index in [1.54, 1.807) is 12.1 Å². The molecule has 2 aromatic carbocycles. The number of nitriles is 1. The Balaban J connectivity index is 1.62. The van der Waals surface area contributed by atoms with E-state index < -0.39 is 0 Å². The summed E-state index contributed by atoms with van der Waals surface area (Å²) in [6.07, 6.45) is 0.981. The maximum absolute atomic E-state index is 8.71. The third-order valence-electron chi connectivity index (χ3n) is 2.90. The van der Waals surface area contributed by atoms with Crippen LogP contribution in [0.5, 0.6) is 5.75 Å². The molecule has 0 unspecified atom stereocenters. The minimum absolute atomic E-state index is 0.651. The normalized spacial score (nSPS) is 10.1. The molecule has 0 saturated carbocycles. The summed E-state index contributed by atoms with van der Waals surface area (Å²) < 4.78 is 5.63. The fourth-order valence-corrected chi connectivity index (χ4v) is 2.99. The highest BCUT2D eigenvalue weighted by Gasteiger charge is 1.99. The third kappa shape index (κ3) is 5.34. The molecule has 0 N–H and O–H groups in total. The summed E-state index contributed by atoms with van der Waals surface area (Å²) in [6, 6.07) is 17.2.